The molecule has 3 rings (SSSR count). The van der Waals surface area contributed by atoms with Crippen molar-refractivity contribution in [3.05, 3.63) is 73.6 Å². The van der Waals surface area contributed by atoms with Crippen molar-refractivity contribution in [2.45, 2.75) is 13.8 Å². The molecule has 12 heteroatoms. The van der Waals surface area contributed by atoms with Crippen LogP contribution < -0.4 is 5.32 Å². The quantitative estimate of drug-likeness (QED) is 0.333. The smallest absolute Gasteiger partial charge is 0.359 e. The molecule has 0 aliphatic rings. The van der Waals surface area contributed by atoms with Crippen molar-refractivity contribution in [1.82, 2.24) is 14.8 Å². The number of carbonyl (C=O) groups is 2. The Morgan fingerprint density at radius 2 is 1.87 bits per heavy atom. The first-order valence-corrected chi connectivity index (χ1v) is 9.52. The highest BCUT2D eigenvalue weighted by Gasteiger charge is 2.19. The van der Waals surface area contributed by atoms with Crippen molar-refractivity contribution < 1.29 is 19.2 Å². The largest absolute Gasteiger partial charge is 0.451 e. The highest BCUT2D eigenvalue weighted by molar-refractivity contribution is 6.33. The summed E-state index contributed by atoms with van der Waals surface area (Å²) < 4.78 is 6.53. The fraction of sp³-hybridized carbons (Fsp3) is 0.158. The van der Waals surface area contributed by atoms with E-state index in [1.165, 1.54) is 18.2 Å². The molecule has 0 bridgehead atoms. The van der Waals surface area contributed by atoms with Crippen LogP contribution in [0.2, 0.25) is 10.0 Å². The number of esters is 1. The van der Waals surface area contributed by atoms with E-state index in [0.717, 1.165) is 17.5 Å². The number of anilines is 1. The fourth-order valence-electron chi connectivity index (χ4n) is 2.68. The molecule has 2 heterocycles. The second kappa shape index (κ2) is 9.11. The van der Waals surface area contributed by atoms with Crippen molar-refractivity contribution in [1.29, 1.82) is 0 Å². The minimum Gasteiger partial charge on any atom is -0.451 e. The van der Waals surface area contributed by atoms with Gasteiger partial charge in [0.15, 0.2) is 18.1 Å². The number of ether oxygens (including phenoxy) is 1. The van der Waals surface area contributed by atoms with Gasteiger partial charge in [-0.2, -0.15) is 5.10 Å². The number of nitro benzene ring substituents is 1. The maximum absolute atomic E-state index is 12.4. The van der Waals surface area contributed by atoms with Crippen molar-refractivity contribution in [2.75, 3.05) is 11.9 Å². The summed E-state index contributed by atoms with van der Waals surface area (Å²) >= 11 is 11.8. The first kappa shape index (κ1) is 22.2. The summed E-state index contributed by atoms with van der Waals surface area (Å²) in [6.07, 6.45) is 0. The van der Waals surface area contributed by atoms with Crippen molar-refractivity contribution in [3.63, 3.8) is 0 Å². The summed E-state index contributed by atoms with van der Waals surface area (Å²) in [6.45, 7) is 3.00. The van der Waals surface area contributed by atoms with E-state index in [9.17, 15) is 19.7 Å². The molecule has 0 saturated heterocycles. The number of pyridine rings is 1. The minimum absolute atomic E-state index is 0.0454. The third-order valence-corrected chi connectivity index (χ3v) is 4.64. The van der Waals surface area contributed by atoms with Gasteiger partial charge in [0.25, 0.3) is 11.6 Å². The number of carbonyl (C=O) groups excluding carboxylic acids is 2. The number of nitrogens with one attached hydrogen (secondary N) is 1. The maximum Gasteiger partial charge on any atom is 0.359 e. The molecule has 10 nitrogen and oxygen atoms in total. The molecule has 0 fully saturated rings. The predicted molar refractivity (Wildman–Crippen MR) is 113 cm³/mol. The lowest BCUT2D eigenvalue weighted by Crippen LogP contribution is -2.22. The van der Waals surface area contributed by atoms with Crippen molar-refractivity contribution >= 4 is 46.5 Å². The van der Waals surface area contributed by atoms with E-state index >= 15 is 0 Å². The molecule has 0 atom stereocenters. The predicted octanol–water partition coefficient (Wildman–Crippen LogP) is 3.89. The van der Waals surface area contributed by atoms with Crippen LogP contribution in [0.1, 0.15) is 21.9 Å². The first-order valence-electron chi connectivity index (χ1n) is 8.77. The van der Waals surface area contributed by atoms with E-state index in [-0.39, 0.29) is 27.1 Å². The second-order valence-corrected chi connectivity index (χ2v) is 7.20. The van der Waals surface area contributed by atoms with Crippen LogP contribution in [0, 0.1) is 24.0 Å². The Morgan fingerprint density at radius 1 is 1.16 bits per heavy atom. The van der Waals surface area contributed by atoms with E-state index in [2.05, 4.69) is 15.4 Å². The molecule has 1 aromatic carbocycles. The van der Waals surface area contributed by atoms with Gasteiger partial charge >= 0.3 is 5.97 Å². The van der Waals surface area contributed by atoms with Gasteiger partial charge in [-0.15, -0.1) is 0 Å². The minimum atomic E-state index is -0.911. The Labute approximate surface area is 185 Å². The summed E-state index contributed by atoms with van der Waals surface area (Å²) in [5, 5.41) is 17.6. The zero-order valence-corrected chi connectivity index (χ0v) is 17.8. The summed E-state index contributed by atoms with van der Waals surface area (Å²) in [6, 6.07) is 8.67. The van der Waals surface area contributed by atoms with E-state index < -0.39 is 23.4 Å². The van der Waals surface area contributed by atoms with Crippen molar-refractivity contribution in [3.8, 4) is 5.82 Å². The molecule has 2 aromatic heterocycles. The molecule has 0 aliphatic carbocycles. The Morgan fingerprint density at radius 3 is 2.52 bits per heavy atom. The fourth-order valence-corrected chi connectivity index (χ4v) is 3.05. The van der Waals surface area contributed by atoms with Gasteiger partial charge in [-0.25, -0.2) is 14.5 Å². The number of nitrogens with zero attached hydrogens (tertiary/aromatic N) is 4. The summed E-state index contributed by atoms with van der Waals surface area (Å²) in [5.74, 6) is -1.26. The van der Waals surface area contributed by atoms with E-state index in [1.54, 1.807) is 10.7 Å². The number of hydrogen-bond acceptors (Lipinski definition) is 7. The van der Waals surface area contributed by atoms with E-state index in [4.69, 9.17) is 27.9 Å². The number of aromatic nitrogens is 3. The average Bonchev–Trinajstić information content (AvgIpc) is 3.05. The third kappa shape index (κ3) is 5.16. The highest BCUT2D eigenvalue weighted by Crippen LogP contribution is 2.27. The van der Waals surface area contributed by atoms with Gasteiger partial charge in [-0.3, -0.25) is 14.9 Å². The zero-order valence-electron chi connectivity index (χ0n) is 16.3. The lowest BCUT2D eigenvalue weighted by atomic mass is 10.3. The summed E-state index contributed by atoms with van der Waals surface area (Å²) in [7, 11) is 0. The molecular weight excluding hydrogens is 449 g/mol. The second-order valence-electron chi connectivity index (χ2n) is 6.39. The molecule has 0 unspecified atom stereocenters. The van der Waals surface area contributed by atoms with Gasteiger partial charge in [-0.05, 0) is 44.2 Å². The molecule has 0 saturated carbocycles. The van der Waals surface area contributed by atoms with Crippen LogP contribution in [0.15, 0.2) is 36.4 Å². The van der Waals surface area contributed by atoms with Gasteiger partial charge < -0.3 is 10.1 Å². The van der Waals surface area contributed by atoms with E-state index in [0.29, 0.717) is 5.82 Å². The number of rotatable bonds is 6. The number of halogens is 2. The Bertz CT molecular complexity index is 1190. The zero-order chi connectivity index (χ0) is 22.7. The van der Waals surface area contributed by atoms with Gasteiger partial charge in [-0.1, -0.05) is 23.2 Å². The number of amides is 1. The Hall–Kier alpha value is -3.50. The van der Waals surface area contributed by atoms with Gasteiger partial charge in [0.05, 0.1) is 15.6 Å². The number of hydrogen-bond donors (Lipinski definition) is 1. The highest BCUT2D eigenvalue weighted by atomic mass is 35.5. The number of nitro groups is 1. The molecule has 0 spiro atoms. The molecular formula is C19H15Cl2N5O5. The normalized spacial score (nSPS) is 10.6. The standard InChI is InChI=1S/C19H15Cl2N5O5/c1-10-7-11(2)25(24-10)16-6-5-14(21)18(23-16)19(28)31-9-17(27)22-12-3-4-13(20)15(8-12)26(29)30/h3-8H,9H2,1-2H3,(H,22,27). The Kier molecular flexibility index (Phi) is 6.52. The van der Waals surface area contributed by atoms with Gasteiger partial charge in [0.1, 0.15) is 5.02 Å². The van der Waals surface area contributed by atoms with E-state index in [1.807, 2.05) is 19.9 Å². The molecule has 31 heavy (non-hydrogen) atoms. The van der Waals surface area contributed by atoms with Crippen molar-refractivity contribution in [2.24, 2.45) is 0 Å². The van der Waals surface area contributed by atoms with Gasteiger partial charge in [0.2, 0.25) is 0 Å². The molecule has 160 valence electrons. The lowest BCUT2D eigenvalue weighted by Gasteiger charge is -2.09. The molecule has 0 radical (unpaired) electrons. The third-order valence-electron chi connectivity index (χ3n) is 4.01. The molecule has 3 aromatic rings. The topological polar surface area (TPSA) is 129 Å². The number of aryl methyl sites for hydroxylation is 2. The van der Waals surface area contributed by atoms with Crippen LogP contribution in [0.5, 0.6) is 0 Å². The van der Waals surface area contributed by atoms with Crippen LogP contribution in [-0.4, -0.2) is 38.2 Å². The molecule has 1 N–H and O–H groups in total. The average molecular weight is 464 g/mol. The van der Waals surface area contributed by atoms with Gasteiger partial charge in [0, 0.05) is 17.4 Å². The van der Waals surface area contributed by atoms with Crippen LogP contribution in [0.25, 0.3) is 5.82 Å². The monoisotopic (exact) mass is 463 g/mol. The molecule has 1 amide bonds. The SMILES string of the molecule is Cc1cc(C)n(-c2ccc(Cl)c(C(=O)OCC(=O)Nc3ccc(Cl)c([N+](=O)[O-])c3)n2)n1. The van der Waals surface area contributed by atoms with Crippen LogP contribution in [0.3, 0.4) is 0 Å². The first-order chi connectivity index (χ1) is 14.7. The maximum atomic E-state index is 12.4. The lowest BCUT2D eigenvalue weighted by molar-refractivity contribution is -0.384. The molecule has 0 aliphatic heterocycles. The van der Waals surface area contributed by atoms with Crippen LogP contribution in [-0.2, 0) is 9.53 Å². The van der Waals surface area contributed by atoms with Crippen LogP contribution >= 0.6 is 23.2 Å². The summed E-state index contributed by atoms with van der Waals surface area (Å²) in [5.41, 5.74) is 1.16. The Balaban J connectivity index is 1.69. The number of benzene rings is 1. The summed E-state index contributed by atoms with van der Waals surface area (Å²) in [4.78, 5) is 38.9. The van der Waals surface area contributed by atoms with Crippen LogP contribution in [0.4, 0.5) is 11.4 Å².